The monoisotopic (exact) mass is 326 g/mol. The molecule has 1 aromatic heterocycles. The first-order valence-electron chi connectivity index (χ1n) is 8.83. The average molecular weight is 326 g/mol. The van der Waals surface area contributed by atoms with Crippen LogP contribution in [-0.2, 0) is 15.7 Å². The van der Waals surface area contributed by atoms with Gasteiger partial charge in [0.15, 0.2) is 0 Å². The summed E-state index contributed by atoms with van der Waals surface area (Å²) in [4.78, 5) is 0. The molecule has 0 spiro atoms. The molecule has 0 N–H and O–H groups in total. The highest BCUT2D eigenvalue weighted by Crippen LogP contribution is 2.36. The molecule has 5 heteroatoms. The number of hydrogen-bond acceptors (Lipinski definition) is 3. The Morgan fingerprint density at radius 1 is 1.04 bits per heavy atom. The molecule has 4 nitrogen and oxygen atoms in total. The van der Waals surface area contributed by atoms with Gasteiger partial charge in [-0.2, -0.15) is 5.10 Å². The Kier molecular flexibility index (Phi) is 4.58. The first kappa shape index (κ1) is 17.2. The van der Waals surface area contributed by atoms with Crippen molar-refractivity contribution in [3.63, 3.8) is 0 Å². The average Bonchev–Trinajstić information content (AvgIpc) is 3.05. The van der Waals surface area contributed by atoms with Crippen LogP contribution in [0.1, 0.15) is 53.0 Å². The largest absolute Gasteiger partial charge is 0.516 e. The molecule has 0 saturated carbocycles. The van der Waals surface area contributed by atoms with Crippen molar-refractivity contribution in [1.29, 1.82) is 0 Å². The molecule has 0 amide bonds. The Morgan fingerprint density at radius 2 is 1.67 bits per heavy atom. The minimum atomic E-state index is -0.410. The van der Waals surface area contributed by atoms with Gasteiger partial charge in [-0.25, -0.2) is 4.68 Å². The summed E-state index contributed by atoms with van der Waals surface area (Å²) in [5.41, 5.74) is 2.47. The SMILES string of the molecule is CCCCc1cn(-c2ccccc2)nc1B1OC(C)(C)C(C)(C)O1. The number of aryl methyl sites for hydroxylation is 1. The molecule has 1 aliphatic heterocycles. The number of nitrogens with zero attached hydrogens (tertiary/aromatic N) is 2. The minimum absolute atomic E-state index is 0.351. The minimum Gasteiger partial charge on any atom is -0.398 e. The fourth-order valence-corrected chi connectivity index (χ4v) is 2.85. The second-order valence-electron chi connectivity index (χ2n) is 7.51. The van der Waals surface area contributed by atoms with Crippen LogP contribution in [0.5, 0.6) is 0 Å². The third-order valence-corrected chi connectivity index (χ3v) is 5.12. The van der Waals surface area contributed by atoms with Crippen LogP contribution in [0, 0.1) is 0 Å². The Bertz CT molecular complexity index is 679. The quantitative estimate of drug-likeness (QED) is 0.789. The molecular weight excluding hydrogens is 299 g/mol. The predicted octanol–water partition coefficient (Wildman–Crippen LogP) is 3.51. The summed E-state index contributed by atoms with van der Waals surface area (Å²) >= 11 is 0. The van der Waals surface area contributed by atoms with E-state index in [4.69, 9.17) is 14.4 Å². The van der Waals surface area contributed by atoms with E-state index in [0.29, 0.717) is 0 Å². The molecule has 2 aromatic rings. The van der Waals surface area contributed by atoms with Crippen LogP contribution in [0.4, 0.5) is 0 Å². The first-order chi connectivity index (χ1) is 11.3. The van der Waals surface area contributed by atoms with Gasteiger partial charge in [0.25, 0.3) is 0 Å². The van der Waals surface area contributed by atoms with Crippen molar-refractivity contribution >= 4 is 12.7 Å². The van der Waals surface area contributed by atoms with E-state index in [1.54, 1.807) is 0 Å². The van der Waals surface area contributed by atoms with Crippen molar-refractivity contribution in [2.45, 2.75) is 65.1 Å². The van der Waals surface area contributed by atoms with E-state index in [0.717, 1.165) is 30.5 Å². The van der Waals surface area contributed by atoms with Gasteiger partial charge in [0.05, 0.1) is 22.5 Å². The van der Waals surface area contributed by atoms with Gasteiger partial charge in [0, 0.05) is 6.20 Å². The smallest absolute Gasteiger partial charge is 0.398 e. The fourth-order valence-electron chi connectivity index (χ4n) is 2.85. The summed E-state index contributed by atoms with van der Waals surface area (Å²) in [6.45, 7) is 10.5. The molecule has 0 bridgehead atoms. The number of aromatic nitrogens is 2. The molecule has 0 aliphatic carbocycles. The molecule has 24 heavy (non-hydrogen) atoms. The molecule has 1 aromatic carbocycles. The Labute approximate surface area is 145 Å². The molecular formula is C19H27BN2O2. The topological polar surface area (TPSA) is 36.3 Å². The van der Waals surface area contributed by atoms with Crippen molar-refractivity contribution in [2.75, 3.05) is 0 Å². The van der Waals surface area contributed by atoms with E-state index in [2.05, 4.69) is 52.9 Å². The normalized spacial score (nSPS) is 19.0. The Morgan fingerprint density at radius 3 is 2.25 bits per heavy atom. The second-order valence-corrected chi connectivity index (χ2v) is 7.51. The summed E-state index contributed by atoms with van der Waals surface area (Å²) in [6.07, 6.45) is 5.39. The predicted molar refractivity (Wildman–Crippen MR) is 97.9 cm³/mol. The van der Waals surface area contributed by atoms with Crippen LogP contribution in [0.25, 0.3) is 5.69 Å². The van der Waals surface area contributed by atoms with E-state index in [-0.39, 0.29) is 11.2 Å². The lowest BCUT2D eigenvalue weighted by Gasteiger charge is -2.32. The van der Waals surface area contributed by atoms with Crippen LogP contribution >= 0.6 is 0 Å². The molecule has 0 radical (unpaired) electrons. The van der Waals surface area contributed by atoms with Gasteiger partial charge in [0.2, 0.25) is 0 Å². The molecule has 1 saturated heterocycles. The summed E-state index contributed by atoms with van der Waals surface area (Å²) in [7, 11) is -0.410. The van der Waals surface area contributed by atoms with Crippen LogP contribution in [0.3, 0.4) is 0 Å². The van der Waals surface area contributed by atoms with Crippen molar-refractivity contribution in [3.8, 4) is 5.69 Å². The van der Waals surface area contributed by atoms with E-state index in [9.17, 15) is 0 Å². The van der Waals surface area contributed by atoms with Crippen molar-refractivity contribution in [2.24, 2.45) is 0 Å². The zero-order valence-electron chi connectivity index (χ0n) is 15.4. The number of unbranched alkanes of at least 4 members (excludes halogenated alkanes) is 1. The van der Waals surface area contributed by atoms with Gasteiger partial charge in [-0.05, 0) is 58.2 Å². The molecule has 0 unspecified atom stereocenters. The lowest BCUT2D eigenvalue weighted by Crippen LogP contribution is -2.41. The van der Waals surface area contributed by atoms with E-state index in [1.807, 2.05) is 22.9 Å². The highest BCUT2D eigenvalue weighted by molar-refractivity contribution is 6.61. The molecule has 0 atom stereocenters. The molecule has 1 aliphatic rings. The van der Waals surface area contributed by atoms with Gasteiger partial charge >= 0.3 is 7.12 Å². The van der Waals surface area contributed by atoms with Gasteiger partial charge in [-0.3, -0.25) is 0 Å². The number of para-hydroxylation sites is 1. The van der Waals surface area contributed by atoms with Crippen LogP contribution in [-0.4, -0.2) is 28.1 Å². The Hall–Kier alpha value is -1.59. The molecule has 128 valence electrons. The van der Waals surface area contributed by atoms with Gasteiger partial charge in [-0.15, -0.1) is 0 Å². The van der Waals surface area contributed by atoms with Crippen LogP contribution in [0.15, 0.2) is 36.5 Å². The standard InChI is InChI=1S/C19H27BN2O2/c1-6-7-11-15-14-22(16-12-9-8-10-13-16)21-17(15)20-23-18(2,3)19(4,5)24-20/h8-10,12-14H,6-7,11H2,1-5H3. The lowest BCUT2D eigenvalue weighted by atomic mass is 9.81. The fraction of sp³-hybridized carbons (Fsp3) is 0.526. The van der Waals surface area contributed by atoms with Gasteiger partial charge in [-0.1, -0.05) is 31.5 Å². The third kappa shape index (κ3) is 3.15. The Balaban J connectivity index is 1.96. The summed E-state index contributed by atoms with van der Waals surface area (Å²) < 4.78 is 14.4. The van der Waals surface area contributed by atoms with Crippen LogP contribution < -0.4 is 5.59 Å². The second kappa shape index (κ2) is 6.38. The van der Waals surface area contributed by atoms with Gasteiger partial charge < -0.3 is 9.31 Å². The van der Waals surface area contributed by atoms with Crippen molar-refractivity contribution in [3.05, 3.63) is 42.1 Å². The van der Waals surface area contributed by atoms with E-state index < -0.39 is 7.12 Å². The molecule has 3 rings (SSSR count). The lowest BCUT2D eigenvalue weighted by molar-refractivity contribution is 0.00578. The van der Waals surface area contributed by atoms with Crippen LogP contribution in [0.2, 0.25) is 0 Å². The van der Waals surface area contributed by atoms with E-state index >= 15 is 0 Å². The maximum atomic E-state index is 6.22. The molecule has 1 fully saturated rings. The summed E-state index contributed by atoms with van der Waals surface area (Å²) in [5.74, 6) is 0. The maximum Gasteiger partial charge on any atom is 0.516 e. The zero-order valence-corrected chi connectivity index (χ0v) is 15.4. The van der Waals surface area contributed by atoms with E-state index in [1.165, 1.54) is 5.56 Å². The first-order valence-corrected chi connectivity index (χ1v) is 8.83. The zero-order chi connectivity index (χ0) is 17.4. The number of hydrogen-bond donors (Lipinski definition) is 0. The summed E-state index contributed by atoms with van der Waals surface area (Å²) in [5, 5.41) is 4.81. The highest BCUT2D eigenvalue weighted by Gasteiger charge is 2.53. The van der Waals surface area contributed by atoms with Crippen molar-refractivity contribution < 1.29 is 9.31 Å². The van der Waals surface area contributed by atoms with Crippen molar-refractivity contribution in [1.82, 2.24) is 9.78 Å². The molecule has 2 heterocycles. The maximum absolute atomic E-state index is 6.22. The number of benzene rings is 1. The third-order valence-electron chi connectivity index (χ3n) is 5.12. The summed E-state index contributed by atoms with van der Waals surface area (Å²) in [6, 6.07) is 10.2. The number of rotatable bonds is 5. The van der Waals surface area contributed by atoms with Gasteiger partial charge in [0.1, 0.15) is 0 Å². The highest BCUT2D eigenvalue weighted by atomic mass is 16.7.